The monoisotopic (exact) mass is 266 g/mol. The zero-order chi connectivity index (χ0) is 13.8. The van der Waals surface area contributed by atoms with E-state index in [2.05, 4.69) is 0 Å². The molecule has 1 aromatic rings. The second-order valence-electron chi connectivity index (χ2n) is 4.90. The highest BCUT2D eigenvalue weighted by molar-refractivity contribution is 5.95. The van der Waals surface area contributed by atoms with Gasteiger partial charge in [0.15, 0.2) is 0 Å². The van der Waals surface area contributed by atoms with Crippen molar-refractivity contribution >= 4 is 11.6 Å². The predicted molar refractivity (Wildman–Crippen MR) is 71.2 cm³/mol. The first-order chi connectivity index (χ1) is 9.13. The van der Waals surface area contributed by atoms with E-state index in [0.717, 1.165) is 25.7 Å². The number of carbonyl (C=O) groups excluding carboxylic acids is 1. The molecule has 0 bridgehead atoms. The standard InChI is InChI=1S/C14H19FN2O2/c15-12-6-5-10(9-13(12)16)14(19)17(7-8-18)11-3-1-2-4-11/h5-6,9,11,18H,1-4,7-8,16H2. The molecule has 1 saturated carbocycles. The molecular weight excluding hydrogens is 247 g/mol. The van der Waals surface area contributed by atoms with Gasteiger partial charge in [0.25, 0.3) is 5.91 Å². The van der Waals surface area contributed by atoms with E-state index in [1.165, 1.54) is 18.2 Å². The van der Waals surface area contributed by atoms with Crippen LogP contribution in [0.2, 0.25) is 0 Å². The van der Waals surface area contributed by atoms with Crippen molar-refractivity contribution in [2.75, 3.05) is 18.9 Å². The SMILES string of the molecule is Nc1cc(C(=O)N(CCO)C2CCCC2)ccc1F. The van der Waals surface area contributed by atoms with Crippen molar-refractivity contribution in [2.45, 2.75) is 31.7 Å². The molecule has 1 aliphatic carbocycles. The van der Waals surface area contributed by atoms with Crippen molar-refractivity contribution in [3.8, 4) is 0 Å². The van der Waals surface area contributed by atoms with Crippen molar-refractivity contribution in [1.29, 1.82) is 0 Å². The van der Waals surface area contributed by atoms with Gasteiger partial charge < -0.3 is 15.7 Å². The Morgan fingerprint density at radius 2 is 2.11 bits per heavy atom. The number of halogens is 1. The molecule has 0 spiro atoms. The number of benzene rings is 1. The van der Waals surface area contributed by atoms with Gasteiger partial charge in [-0.1, -0.05) is 12.8 Å². The van der Waals surface area contributed by atoms with E-state index in [4.69, 9.17) is 10.8 Å². The summed E-state index contributed by atoms with van der Waals surface area (Å²) < 4.78 is 13.1. The molecule has 1 aromatic carbocycles. The lowest BCUT2D eigenvalue weighted by atomic mass is 10.1. The lowest BCUT2D eigenvalue weighted by Crippen LogP contribution is -2.40. The number of hydrogen-bond donors (Lipinski definition) is 2. The van der Waals surface area contributed by atoms with E-state index in [0.29, 0.717) is 12.1 Å². The average molecular weight is 266 g/mol. The van der Waals surface area contributed by atoms with E-state index in [1.807, 2.05) is 0 Å². The molecule has 2 rings (SSSR count). The molecule has 0 radical (unpaired) electrons. The number of hydrogen-bond acceptors (Lipinski definition) is 3. The summed E-state index contributed by atoms with van der Waals surface area (Å²) in [7, 11) is 0. The van der Waals surface area contributed by atoms with E-state index < -0.39 is 5.82 Å². The average Bonchev–Trinajstić information content (AvgIpc) is 2.92. The highest BCUT2D eigenvalue weighted by atomic mass is 19.1. The Balaban J connectivity index is 2.20. The third kappa shape index (κ3) is 3.04. The summed E-state index contributed by atoms with van der Waals surface area (Å²) in [5.41, 5.74) is 5.84. The molecule has 0 unspecified atom stereocenters. The largest absolute Gasteiger partial charge is 0.396 e. The first-order valence-electron chi connectivity index (χ1n) is 6.60. The van der Waals surface area contributed by atoms with Gasteiger partial charge in [-0.05, 0) is 31.0 Å². The summed E-state index contributed by atoms with van der Waals surface area (Å²) in [6, 6.07) is 4.17. The molecule has 4 nitrogen and oxygen atoms in total. The van der Waals surface area contributed by atoms with Gasteiger partial charge in [0.2, 0.25) is 0 Å². The molecule has 1 fully saturated rings. The van der Waals surface area contributed by atoms with Crippen LogP contribution in [-0.2, 0) is 0 Å². The Morgan fingerprint density at radius 3 is 2.68 bits per heavy atom. The number of carbonyl (C=O) groups is 1. The van der Waals surface area contributed by atoms with Gasteiger partial charge in [-0.3, -0.25) is 4.79 Å². The molecule has 0 atom stereocenters. The van der Waals surface area contributed by atoms with Gasteiger partial charge in [0.05, 0.1) is 12.3 Å². The lowest BCUT2D eigenvalue weighted by Gasteiger charge is -2.28. The Hall–Kier alpha value is -1.62. The molecule has 0 saturated heterocycles. The molecule has 0 heterocycles. The predicted octanol–water partition coefficient (Wildman–Crippen LogP) is 1.78. The summed E-state index contributed by atoms with van der Waals surface area (Å²) in [5.74, 6) is -0.709. The van der Waals surface area contributed by atoms with E-state index in [-0.39, 0.29) is 24.2 Å². The third-order valence-corrected chi connectivity index (χ3v) is 3.61. The number of anilines is 1. The minimum absolute atomic E-state index is 0.0266. The van der Waals surface area contributed by atoms with Crippen molar-refractivity contribution < 1.29 is 14.3 Å². The van der Waals surface area contributed by atoms with Crippen molar-refractivity contribution in [3.05, 3.63) is 29.6 Å². The zero-order valence-corrected chi connectivity index (χ0v) is 10.8. The van der Waals surface area contributed by atoms with Crippen LogP contribution in [0.5, 0.6) is 0 Å². The molecule has 0 aliphatic heterocycles. The van der Waals surface area contributed by atoms with Crippen LogP contribution in [0.15, 0.2) is 18.2 Å². The maximum atomic E-state index is 13.1. The first-order valence-corrected chi connectivity index (χ1v) is 6.60. The Labute approximate surface area is 112 Å². The zero-order valence-electron chi connectivity index (χ0n) is 10.8. The molecule has 1 amide bonds. The maximum Gasteiger partial charge on any atom is 0.254 e. The summed E-state index contributed by atoms with van der Waals surface area (Å²) in [5, 5.41) is 9.11. The number of aliphatic hydroxyl groups excluding tert-OH is 1. The molecule has 19 heavy (non-hydrogen) atoms. The third-order valence-electron chi connectivity index (χ3n) is 3.61. The summed E-state index contributed by atoms with van der Waals surface area (Å²) in [6.07, 6.45) is 4.13. The van der Waals surface area contributed by atoms with Gasteiger partial charge in [0, 0.05) is 18.2 Å². The Kier molecular flexibility index (Phi) is 4.37. The van der Waals surface area contributed by atoms with Gasteiger partial charge in [-0.2, -0.15) is 0 Å². The normalized spacial score (nSPS) is 15.7. The molecule has 1 aliphatic rings. The minimum atomic E-state index is -0.522. The molecule has 0 aromatic heterocycles. The number of nitrogens with zero attached hydrogens (tertiary/aromatic N) is 1. The van der Waals surface area contributed by atoms with Crippen LogP contribution in [0.1, 0.15) is 36.0 Å². The topological polar surface area (TPSA) is 66.6 Å². The fourth-order valence-electron chi connectivity index (χ4n) is 2.62. The maximum absolute atomic E-state index is 13.1. The van der Waals surface area contributed by atoms with E-state index in [1.54, 1.807) is 4.90 Å². The van der Waals surface area contributed by atoms with Crippen molar-refractivity contribution in [1.82, 2.24) is 4.90 Å². The number of aliphatic hydroxyl groups is 1. The lowest BCUT2D eigenvalue weighted by molar-refractivity contribution is 0.0638. The second-order valence-corrected chi connectivity index (χ2v) is 4.90. The van der Waals surface area contributed by atoms with E-state index in [9.17, 15) is 9.18 Å². The summed E-state index contributed by atoms with van der Waals surface area (Å²) in [6.45, 7) is 0.236. The number of amides is 1. The number of nitrogens with two attached hydrogens (primary N) is 1. The molecule has 3 N–H and O–H groups in total. The number of rotatable bonds is 4. The highest BCUT2D eigenvalue weighted by Gasteiger charge is 2.27. The minimum Gasteiger partial charge on any atom is -0.396 e. The van der Waals surface area contributed by atoms with Gasteiger partial charge in [0.1, 0.15) is 5.82 Å². The van der Waals surface area contributed by atoms with Crippen molar-refractivity contribution in [3.63, 3.8) is 0 Å². The molecule has 104 valence electrons. The van der Waals surface area contributed by atoms with Gasteiger partial charge >= 0.3 is 0 Å². The van der Waals surface area contributed by atoms with Crippen LogP contribution in [0.3, 0.4) is 0 Å². The number of nitrogen functional groups attached to an aromatic ring is 1. The smallest absolute Gasteiger partial charge is 0.254 e. The van der Waals surface area contributed by atoms with Crippen molar-refractivity contribution in [2.24, 2.45) is 0 Å². The second kappa shape index (κ2) is 6.02. The van der Waals surface area contributed by atoms with E-state index >= 15 is 0 Å². The van der Waals surface area contributed by atoms with Crippen LogP contribution >= 0.6 is 0 Å². The fourth-order valence-corrected chi connectivity index (χ4v) is 2.62. The van der Waals surface area contributed by atoms with Crippen LogP contribution in [-0.4, -0.2) is 35.1 Å². The van der Waals surface area contributed by atoms with Crippen LogP contribution in [0, 0.1) is 5.82 Å². The molecule has 5 heteroatoms. The highest BCUT2D eigenvalue weighted by Crippen LogP contribution is 2.25. The Morgan fingerprint density at radius 1 is 1.42 bits per heavy atom. The molecular formula is C14H19FN2O2. The van der Waals surface area contributed by atoms with Crippen LogP contribution in [0.25, 0.3) is 0 Å². The van der Waals surface area contributed by atoms with Gasteiger partial charge in [-0.15, -0.1) is 0 Å². The summed E-state index contributed by atoms with van der Waals surface area (Å²) in [4.78, 5) is 14.1. The summed E-state index contributed by atoms with van der Waals surface area (Å²) >= 11 is 0. The first kappa shape index (κ1) is 13.8. The Bertz CT molecular complexity index is 459. The fraction of sp³-hybridized carbons (Fsp3) is 0.500. The van der Waals surface area contributed by atoms with Gasteiger partial charge in [-0.25, -0.2) is 4.39 Å². The quantitative estimate of drug-likeness (QED) is 0.816. The van der Waals surface area contributed by atoms with Crippen LogP contribution in [0.4, 0.5) is 10.1 Å². The van der Waals surface area contributed by atoms with Crippen LogP contribution < -0.4 is 5.73 Å².